The molecular weight excluding hydrogens is 452 g/mol. The molecule has 2 heterocycles. The normalized spacial score (nSPS) is 19.1. The van der Waals surface area contributed by atoms with Gasteiger partial charge in [-0.05, 0) is 50.1 Å². The van der Waals surface area contributed by atoms with Crippen LogP contribution in [-0.4, -0.2) is 56.5 Å². The molecule has 178 valence electrons. The lowest BCUT2D eigenvalue weighted by atomic mass is 9.97. The van der Waals surface area contributed by atoms with E-state index in [1.807, 2.05) is 36.4 Å². The number of hydrogen-bond donors (Lipinski definition) is 0. The lowest BCUT2D eigenvalue weighted by Crippen LogP contribution is -2.43. The molecule has 1 fully saturated rings. The van der Waals surface area contributed by atoms with Crippen LogP contribution >= 0.6 is 11.8 Å². The zero-order valence-electron chi connectivity index (χ0n) is 19.6. The van der Waals surface area contributed by atoms with Crippen molar-refractivity contribution in [3.63, 3.8) is 0 Å². The highest BCUT2D eigenvalue weighted by Gasteiger charge is 2.32. The van der Waals surface area contributed by atoms with Gasteiger partial charge in [0.2, 0.25) is 0 Å². The Kier molecular flexibility index (Phi) is 7.26. The van der Waals surface area contributed by atoms with E-state index in [-0.39, 0.29) is 23.7 Å². The number of para-hydroxylation sites is 1. The minimum Gasteiger partial charge on any atom is -0.496 e. The first-order chi connectivity index (χ1) is 16.4. The van der Waals surface area contributed by atoms with Crippen molar-refractivity contribution < 1.29 is 23.9 Å². The van der Waals surface area contributed by atoms with Crippen LogP contribution in [0.2, 0.25) is 0 Å². The van der Waals surface area contributed by atoms with Crippen LogP contribution in [-0.2, 0) is 14.3 Å². The average Bonchev–Trinajstić information content (AvgIpc) is 2.87. The number of likely N-dealkylation sites (N-methyl/N-ethyl adjacent to an activating group) is 1. The molecule has 2 aromatic rings. The maximum atomic E-state index is 13.2. The molecule has 1 saturated heterocycles. The van der Waals surface area contributed by atoms with Gasteiger partial charge < -0.3 is 19.3 Å². The molecule has 0 saturated carbocycles. The minimum atomic E-state index is -0.294. The minimum absolute atomic E-state index is 0.141. The van der Waals surface area contributed by atoms with Crippen molar-refractivity contribution in [2.24, 2.45) is 5.92 Å². The molecule has 2 aromatic carbocycles. The summed E-state index contributed by atoms with van der Waals surface area (Å²) < 4.78 is 10.5. The number of fused-ring (bicyclic) bond motifs is 1. The summed E-state index contributed by atoms with van der Waals surface area (Å²) in [7, 11) is 3.31. The molecule has 0 bridgehead atoms. The van der Waals surface area contributed by atoms with E-state index in [1.54, 1.807) is 43.0 Å². The molecule has 0 aromatic heterocycles. The van der Waals surface area contributed by atoms with E-state index in [0.717, 1.165) is 23.3 Å². The molecule has 2 aliphatic rings. The second-order valence-electron chi connectivity index (χ2n) is 8.24. The Morgan fingerprint density at radius 1 is 1.21 bits per heavy atom. The van der Waals surface area contributed by atoms with E-state index < -0.39 is 0 Å². The third-order valence-corrected chi connectivity index (χ3v) is 7.13. The molecule has 1 atom stereocenters. The number of likely N-dealkylation sites (tertiary alicyclic amines) is 1. The molecule has 8 heteroatoms. The predicted octanol–water partition coefficient (Wildman–Crippen LogP) is 4.22. The first kappa shape index (κ1) is 23.9. The van der Waals surface area contributed by atoms with E-state index in [4.69, 9.17) is 9.47 Å². The molecule has 34 heavy (non-hydrogen) atoms. The number of methoxy groups -OCH3 is 1. The van der Waals surface area contributed by atoms with Crippen molar-refractivity contribution in [2.75, 3.05) is 38.8 Å². The third kappa shape index (κ3) is 4.82. The van der Waals surface area contributed by atoms with Crippen LogP contribution in [0.25, 0.3) is 6.08 Å². The number of esters is 1. The Morgan fingerprint density at radius 2 is 2.00 bits per heavy atom. The van der Waals surface area contributed by atoms with Gasteiger partial charge in [0.1, 0.15) is 5.75 Å². The van der Waals surface area contributed by atoms with Gasteiger partial charge in [-0.25, -0.2) is 0 Å². The third-order valence-electron chi connectivity index (χ3n) is 6.06. The van der Waals surface area contributed by atoms with E-state index in [2.05, 4.69) is 0 Å². The van der Waals surface area contributed by atoms with Gasteiger partial charge in [0, 0.05) is 36.2 Å². The number of carbonyl (C=O) groups is 3. The summed E-state index contributed by atoms with van der Waals surface area (Å²) >= 11 is 1.38. The molecule has 2 amide bonds. The number of amides is 2. The van der Waals surface area contributed by atoms with Crippen molar-refractivity contribution in [1.29, 1.82) is 0 Å². The number of ether oxygens (including phenoxy) is 2. The molecule has 2 aliphatic heterocycles. The first-order valence-corrected chi connectivity index (χ1v) is 12.1. The van der Waals surface area contributed by atoms with Gasteiger partial charge in [-0.3, -0.25) is 14.4 Å². The van der Waals surface area contributed by atoms with Crippen molar-refractivity contribution in [3.8, 4) is 5.75 Å². The summed E-state index contributed by atoms with van der Waals surface area (Å²) in [6, 6.07) is 13.0. The van der Waals surface area contributed by atoms with Gasteiger partial charge in [-0.2, -0.15) is 0 Å². The highest BCUT2D eigenvalue weighted by Crippen LogP contribution is 2.42. The Balaban J connectivity index is 1.56. The lowest BCUT2D eigenvalue weighted by Gasteiger charge is -2.32. The van der Waals surface area contributed by atoms with E-state index >= 15 is 0 Å². The topological polar surface area (TPSA) is 76.2 Å². The standard InChI is InChI=1S/C26H28N2O5S/c1-4-33-26(31)19-9-7-13-28(16-19)24(29)18-11-12-22-20(14-18)27(2)25(30)23(34-22)15-17-8-5-6-10-21(17)32-3/h5-6,8,10-12,14-15,19H,4,7,9,13,16H2,1-3H3/b23-15-/t19-/m0/s1. The summed E-state index contributed by atoms with van der Waals surface area (Å²) in [6.07, 6.45) is 3.31. The number of rotatable bonds is 5. The highest BCUT2D eigenvalue weighted by molar-refractivity contribution is 8.04. The molecule has 4 rings (SSSR count). The molecule has 0 spiro atoms. The Bertz CT molecular complexity index is 1150. The zero-order valence-corrected chi connectivity index (χ0v) is 20.4. The van der Waals surface area contributed by atoms with Gasteiger partial charge in [0.25, 0.3) is 11.8 Å². The summed E-state index contributed by atoms with van der Waals surface area (Å²) in [5, 5.41) is 0. The van der Waals surface area contributed by atoms with Crippen molar-refractivity contribution in [2.45, 2.75) is 24.7 Å². The monoisotopic (exact) mass is 480 g/mol. The molecule has 0 unspecified atom stereocenters. The quantitative estimate of drug-likeness (QED) is 0.471. The summed E-state index contributed by atoms with van der Waals surface area (Å²) in [4.78, 5) is 43.2. The summed E-state index contributed by atoms with van der Waals surface area (Å²) in [6.45, 7) is 3.06. The maximum Gasteiger partial charge on any atom is 0.310 e. The van der Waals surface area contributed by atoms with Gasteiger partial charge in [0.05, 0.1) is 30.2 Å². The Hall–Kier alpha value is -3.26. The second kappa shape index (κ2) is 10.3. The zero-order chi connectivity index (χ0) is 24.2. The fourth-order valence-electron chi connectivity index (χ4n) is 4.25. The molecule has 0 N–H and O–H groups in total. The van der Waals surface area contributed by atoms with Crippen LogP contribution in [0.1, 0.15) is 35.7 Å². The van der Waals surface area contributed by atoms with Crippen molar-refractivity contribution >= 4 is 41.3 Å². The fourth-order valence-corrected chi connectivity index (χ4v) is 5.33. The maximum absolute atomic E-state index is 13.2. The molecule has 0 radical (unpaired) electrons. The van der Waals surface area contributed by atoms with Crippen LogP contribution in [0.15, 0.2) is 52.3 Å². The van der Waals surface area contributed by atoms with E-state index in [0.29, 0.717) is 41.6 Å². The summed E-state index contributed by atoms with van der Waals surface area (Å²) in [5.41, 5.74) is 2.02. The van der Waals surface area contributed by atoms with Crippen LogP contribution < -0.4 is 9.64 Å². The second-order valence-corrected chi connectivity index (χ2v) is 9.33. The highest BCUT2D eigenvalue weighted by atomic mass is 32.2. The Morgan fingerprint density at radius 3 is 2.76 bits per heavy atom. The molecular formula is C26H28N2O5S. The predicted molar refractivity (Wildman–Crippen MR) is 132 cm³/mol. The number of hydrogen-bond acceptors (Lipinski definition) is 6. The number of nitrogens with zero attached hydrogens (tertiary/aromatic N) is 2. The van der Waals surface area contributed by atoms with Gasteiger partial charge >= 0.3 is 5.97 Å². The molecule has 0 aliphatic carbocycles. The largest absolute Gasteiger partial charge is 0.496 e. The number of piperidine rings is 1. The Labute approximate surface area is 203 Å². The molecule has 7 nitrogen and oxygen atoms in total. The first-order valence-electron chi connectivity index (χ1n) is 11.3. The van der Waals surface area contributed by atoms with Crippen LogP contribution in [0.4, 0.5) is 5.69 Å². The lowest BCUT2D eigenvalue weighted by molar-refractivity contribution is -0.149. The number of anilines is 1. The van der Waals surface area contributed by atoms with Gasteiger partial charge in [0.15, 0.2) is 0 Å². The van der Waals surface area contributed by atoms with Crippen LogP contribution in [0.5, 0.6) is 5.75 Å². The fraction of sp³-hybridized carbons (Fsp3) is 0.346. The van der Waals surface area contributed by atoms with Gasteiger partial charge in [-0.15, -0.1) is 0 Å². The van der Waals surface area contributed by atoms with Crippen molar-refractivity contribution in [3.05, 3.63) is 58.5 Å². The summed E-state index contributed by atoms with van der Waals surface area (Å²) in [5.74, 6) is -0.133. The SMILES string of the molecule is CCOC(=O)[C@H]1CCCN(C(=O)c2ccc3c(c2)N(C)C(=O)/C(=C/c2ccccc2OC)S3)C1. The van der Waals surface area contributed by atoms with Crippen molar-refractivity contribution in [1.82, 2.24) is 4.90 Å². The number of carbonyl (C=O) groups excluding carboxylic acids is 3. The van der Waals surface area contributed by atoms with Crippen LogP contribution in [0.3, 0.4) is 0 Å². The van der Waals surface area contributed by atoms with E-state index in [1.165, 1.54) is 11.8 Å². The average molecular weight is 481 g/mol. The van der Waals surface area contributed by atoms with Gasteiger partial charge in [-0.1, -0.05) is 30.0 Å². The van der Waals surface area contributed by atoms with E-state index in [9.17, 15) is 14.4 Å². The number of thioether (sulfide) groups is 1. The number of benzene rings is 2. The van der Waals surface area contributed by atoms with Crippen LogP contribution in [0, 0.1) is 5.92 Å². The smallest absolute Gasteiger partial charge is 0.310 e.